The maximum atomic E-state index is 13.2. The lowest BCUT2D eigenvalue weighted by atomic mass is 9.79. The third-order valence-corrected chi connectivity index (χ3v) is 6.90. The zero-order valence-electron chi connectivity index (χ0n) is 21.2. The Labute approximate surface area is 213 Å². The van der Waals surface area contributed by atoms with Gasteiger partial charge in [-0.1, -0.05) is 95.4 Å². The highest BCUT2D eigenvalue weighted by Crippen LogP contribution is 2.38. The Balaban J connectivity index is 1.60. The molecule has 1 aliphatic rings. The van der Waals surface area contributed by atoms with E-state index in [9.17, 15) is 19.2 Å². The number of carbonyl (C=O) groups excluding carboxylic acids is 4. The van der Waals surface area contributed by atoms with Crippen molar-refractivity contribution >= 4 is 35.1 Å². The Morgan fingerprint density at radius 2 is 1.25 bits per heavy atom. The lowest BCUT2D eigenvalue weighted by Gasteiger charge is -2.23. The van der Waals surface area contributed by atoms with Crippen molar-refractivity contribution in [2.75, 3.05) is 18.0 Å². The molecule has 0 aliphatic heterocycles. The summed E-state index contributed by atoms with van der Waals surface area (Å²) in [5, 5.41) is 2.79. The van der Waals surface area contributed by atoms with Crippen LogP contribution in [0.5, 0.6) is 0 Å². The number of aldehydes is 1. The smallest absolute Gasteiger partial charge is 0.254 e. The summed E-state index contributed by atoms with van der Waals surface area (Å²) in [5.41, 5.74) is 11.9. The summed E-state index contributed by atoms with van der Waals surface area (Å²) in [5.74, 6) is -1.54. The van der Waals surface area contributed by atoms with E-state index in [1.54, 1.807) is 12.1 Å². The molecule has 0 heterocycles. The first-order valence-corrected chi connectivity index (χ1v) is 13.1. The first kappa shape index (κ1) is 27.1. The van der Waals surface area contributed by atoms with Gasteiger partial charge in [0, 0.05) is 17.7 Å². The average molecular weight is 492 g/mol. The molecular formula is C29H37N3O4. The Bertz CT molecular complexity index is 1140. The van der Waals surface area contributed by atoms with Crippen molar-refractivity contribution in [3.05, 3.63) is 57.6 Å². The highest BCUT2D eigenvalue weighted by molar-refractivity contribution is 6.33. The third kappa shape index (κ3) is 5.83. The summed E-state index contributed by atoms with van der Waals surface area (Å²) in [4.78, 5) is 51.1. The maximum Gasteiger partial charge on any atom is 0.254 e. The van der Waals surface area contributed by atoms with Crippen molar-refractivity contribution in [2.24, 2.45) is 0 Å². The van der Waals surface area contributed by atoms with Crippen LogP contribution >= 0.6 is 0 Å². The molecule has 1 aliphatic carbocycles. The fourth-order valence-corrected chi connectivity index (χ4v) is 4.88. The maximum absolute atomic E-state index is 13.2. The van der Waals surface area contributed by atoms with Gasteiger partial charge in [-0.25, -0.2) is 0 Å². The van der Waals surface area contributed by atoms with E-state index in [0.29, 0.717) is 12.8 Å². The Kier molecular flexibility index (Phi) is 9.79. The number of unbranched alkanes of at least 4 members (excludes halogenated alkanes) is 10. The second-order valence-corrected chi connectivity index (χ2v) is 9.48. The molecule has 2 aromatic carbocycles. The zero-order valence-corrected chi connectivity index (χ0v) is 21.2. The molecular weight excluding hydrogens is 454 g/mol. The summed E-state index contributed by atoms with van der Waals surface area (Å²) in [6.45, 7) is 2.64. The Hall–Kier alpha value is -3.48. The van der Waals surface area contributed by atoms with Crippen molar-refractivity contribution in [1.82, 2.24) is 5.32 Å². The van der Waals surface area contributed by atoms with Crippen molar-refractivity contribution in [1.29, 1.82) is 0 Å². The normalized spacial score (nSPS) is 12.2. The molecule has 192 valence electrons. The number of amides is 1. The summed E-state index contributed by atoms with van der Waals surface area (Å²) >= 11 is 0. The quantitative estimate of drug-likeness (QED) is 0.155. The molecule has 0 aromatic heterocycles. The molecule has 3 rings (SSSR count). The van der Waals surface area contributed by atoms with E-state index in [0.717, 1.165) is 19.3 Å². The molecule has 7 nitrogen and oxygen atoms in total. The number of rotatable bonds is 14. The molecule has 1 amide bonds. The molecule has 0 bridgehead atoms. The van der Waals surface area contributed by atoms with Gasteiger partial charge in [-0.05, 0) is 6.42 Å². The van der Waals surface area contributed by atoms with Crippen molar-refractivity contribution in [3.8, 4) is 0 Å². The van der Waals surface area contributed by atoms with Crippen molar-refractivity contribution < 1.29 is 19.2 Å². The van der Waals surface area contributed by atoms with Crippen LogP contribution < -0.4 is 16.8 Å². The molecule has 0 saturated heterocycles. The number of fused-ring (bicyclic) bond motifs is 2. The lowest BCUT2D eigenvalue weighted by Crippen LogP contribution is -2.31. The number of hydrogen-bond acceptors (Lipinski definition) is 6. The van der Waals surface area contributed by atoms with Crippen LogP contribution in [0.2, 0.25) is 0 Å². The van der Waals surface area contributed by atoms with Crippen LogP contribution in [0.15, 0.2) is 24.3 Å². The van der Waals surface area contributed by atoms with E-state index in [4.69, 9.17) is 11.5 Å². The molecule has 2 aromatic rings. The average Bonchev–Trinajstić information content (AvgIpc) is 2.88. The number of hydrogen-bond donors (Lipinski definition) is 3. The SMILES string of the molecule is CCCCCCCCCCCCCNC(=O)c1c(N)c2c(c(N)c1C=O)C(=O)c1ccccc1C2=O. The largest absolute Gasteiger partial charge is 0.398 e. The van der Waals surface area contributed by atoms with E-state index >= 15 is 0 Å². The summed E-state index contributed by atoms with van der Waals surface area (Å²) < 4.78 is 0. The van der Waals surface area contributed by atoms with Gasteiger partial charge in [0.15, 0.2) is 17.9 Å². The van der Waals surface area contributed by atoms with Gasteiger partial charge < -0.3 is 16.8 Å². The molecule has 36 heavy (non-hydrogen) atoms. The minimum Gasteiger partial charge on any atom is -0.398 e. The van der Waals surface area contributed by atoms with Gasteiger partial charge in [-0.3, -0.25) is 19.2 Å². The number of ketones is 2. The summed E-state index contributed by atoms with van der Waals surface area (Å²) in [7, 11) is 0. The minimum absolute atomic E-state index is 0.110. The van der Waals surface area contributed by atoms with E-state index in [1.165, 1.54) is 63.5 Å². The van der Waals surface area contributed by atoms with E-state index < -0.39 is 17.5 Å². The van der Waals surface area contributed by atoms with E-state index in [1.807, 2.05) is 0 Å². The Morgan fingerprint density at radius 3 is 1.75 bits per heavy atom. The number of nitrogens with two attached hydrogens (primary N) is 2. The van der Waals surface area contributed by atoms with Gasteiger partial charge in [-0.15, -0.1) is 0 Å². The highest BCUT2D eigenvalue weighted by atomic mass is 16.2. The molecule has 0 spiro atoms. The fraction of sp³-hybridized carbons (Fsp3) is 0.448. The second kappa shape index (κ2) is 13.0. The van der Waals surface area contributed by atoms with Crippen LogP contribution in [-0.4, -0.2) is 30.3 Å². The van der Waals surface area contributed by atoms with Crippen LogP contribution in [0.3, 0.4) is 0 Å². The van der Waals surface area contributed by atoms with E-state index in [-0.39, 0.29) is 44.8 Å². The van der Waals surface area contributed by atoms with Crippen molar-refractivity contribution in [3.63, 3.8) is 0 Å². The number of nitrogen functional groups attached to an aromatic ring is 2. The van der Waals surface area contributed by atoms with Gasteiger partial charge in [0.1, 0.15) is 0 Å². The number of nitrogens with one attached hydrogen (secondary N) is 1. The van der Waals surface area contributed by atoms with Gasteiger partial charge in [0.25, 0.3) is 5.91 Å². The van der Waals surface area contributed by atoms with Crippen LogP contribution in [0.25, 0.3) is 0 Å². The van der Waals surface area contributed by atoms with Crippen LogP contribution in [0.1, 0.15) is 130 Å². The molecule has 7 heteroatoms. The molecule has 0 unspecified atom stereocenters. The first-order chi connectivity index (χ1) is 17.4. The van der Waals surface area contributed by atoms with Gasteiger partial charge in [0.05, 0.1) is 33.6 Å². The van der Waals surface area contributed by atoms with Crippen LogP contribution in [-0.2, 0) is 0 Å². The Morgan fingerprint density at radius 1 is 0.778 bits per heavy atom. The molecule has 5 N–H and O–H groups in total. The van der Waals surface area contributed by atoms with Gasteiger partial charge in [0.2, 0.25) is 0 Å². The third-order valence-electron chi connectivity index (χ3n) is 6.90. The highest BCUT2D eigenvalue weighted by Gasteiger charge is 2.37. The number of carbonyl (C=O) groups is 4. The molecule has 0 radical (unpaired) electrons. The molecule has 0 fully saturated rings. The topological polar surface area (TPSA) is 132 Å². The summed E-state index contributed by atoms with van der Waals surface area (Å²) in [6, 6.07) is 6.36. The predicted molar refractivity (Wildman–Crippen MR) is 143 cm³/mol. The zero-order chi connectivity index (χ0) is 26.1. The van der Waals surface area contributed by atoms with Crippen LogP contribution in [0.4, 0.5) is 11.4 Å². The van der Waals surface area contributed by atoms with E-state index in [2.05, 4.69) is 12.2 Å². The monoisotopic (exact) mass is 491 g/mol. The van der Waals surface area contributed by atoms with Gasteiger partial charge in [-0.2, -0.15) is 0 Å². The minimum atomic E-state index is -0.574. The fourth-order valence-electron chi connectivity index (χ4n) is 4.88. The molecule has 0 atom stereocenters. The van der Waals surface area contributed by atoms with Crippen LogP contribution in [0, 0.1) is 0 Å². The summed E-state index contributed by atoms with van der Waals surface area (Å²) in [6.07, 6.45) is 13.6. The lowest BCUT2D eigenvalue weighted by molar-refractivity contribution is 0.0946. The number of benzene rings is 2. The molecule has 0 saturated carbocycles. The van der Waals surface area contributed by atoms with Crippen molar-refractivity contribution in [2.45, 2.75) is 77.6 Å². The standard InChI is InChI=1S/C29H37N3O4/c1-2-3-4-5-6-7-8-9-10-11-14-17-32-29(36)22-21(18-33)25(30)23-24(26(22)31)28(35)20-16-13-12-15-19(20)27(23)34/h12-13,15-16,18H,2-11,14,17,30-31H2,1H3,(H,32,36). The van der Waals surface area contributed by atoms with Gasteiger partial charge >= 0.3 is 0 Å². The first-order valence-electron chi connectivity index (χ1n) is 13.1. The number of anilines is 2. The predicted octanol–water partition coefficient (Wildman–Crippen LogP) is 5.48. The second-order valence-electron chi connectivity index (χ2n) is 9.48.